The lowest BCUT2D eigenvalue weighted by Crippen LogP contribution is -2.17. The van der Waals surface area contributed by atoms with E-state index >= 15 is 0 Å². The van der Waals surface area contributed by atoms with Crippen LogP contribution in [-0.4, -0.2) is 11.7 Å². The molecule has 0 aliphatic heterocycles. The Morgan fingerprint density at radius 2 is 1.93 bits per heavy atom. The van der Waals surface area contributed by atoms with Crippen molar-refractivity contribution in [2.75, 3.05) is 0 Å². The van der Waals surface area contributed by atoms with Gasteiger partial charge in [-0.2, -0.15) is 0 Å². The van der Waals surface area contributed by atoms with E-state index in [9.17, 15) is 0 Å². The molecular weight excluding hydrogens is 422 g/mol. The smallest absolute Gasteiger partial charge is 0.153 e. The predicted octanol–water partition coefficient (Wildman–Crippen LogP) is 7.22. The number of aliphatic imine (C=N–C) groups is 2. The Labute approximate surface area is 184 Å². The second kappa shape index (κ2) is 13.7. The van der Waals surface area contributed by atoms with Gasteiger partial charge in [-0.1, -0.05) is 83.6 Å². The summed E-state index contributed by atoms with van der Waals surface area (Å²) >= 11 is 3.54. The van der Waals surface area contributed by atoms with Crippen LogP contribution in [0.5, 0.6) is 0 Å². The van der Waals surface area contributed by atoms with Gasteiger partial charge in [0.15, 0.2) is 5.84 Å². The molecule has 0 amide bonds. The quantitative estimate of drug-likeness (QED) is 0.182. The van der Waals surface area contributed by atoms with E-state index in [2.05, 4.69) is 41.6 Å². The molecule has 0 bridgehead atoms. The normalized spacial score (nSPS) is 15.7. The summed E-state index contributed by atoms with van der Waals surface area (Å²) in [6.07, 6.45) is 13.3. The van der Waals surface area contributed by atoms with Crippen LogP contribution in [-0.2, 0) is 0 Å². The zero-order valence-corrected chi connectivity index (χ0v) is 19.5. The third kappa shape index (κ3) is 8.61. The highest BCUT2D eigenvalue weighted by Gasteiger charge is 2.12. The van der Waals surface area contributed by atoms with Gasteiger partial charge in [-0.05, 0) is 50.8 Å². The van der Waals surface area contributed by atoms with Gasteiger partial charge in [0.05, 0.1) is 6.04 Å². The highest BCUT2D eigenvalue weighted by molar-refractivity contribution is 9.11. The lowest BCUT2D eigenvalue weighted by molar-refractivity contribution is 0.700. The van der Waals surface area contributed by atoms with Crippen molar-refractivity contribution >= 4 is 27.6 Å². The fourth-order valence-electron chi connectivity index (χ4n) is 2.62. The van der Waals surface area contributed by atoms with Crippen LogP contribution in [0.4, 0.5) is 0 Å². The molecule has 0 fully saturated rings. The summed E-state index contributed by atoms with van der Waals surface area (Å²) in [4.78, 5) is 9.70. The summed E-state index contributed by atoms with van der Waals surface area (Å²) < 4.78 is 0.972. The first-order chi connectivity index (χ1) is 14.0. The maximum Gasteiger partial charge on any atom is 0.153 e. The van der Waals surface area contributed by atoms with E-state index in [-0.39, 0.29) is 6.04 Å². The standard InChI is InChI=1S/C25H32BrN3/c1-6-10-15-21(14-7-2)24(27)29-25(19(5)18-22(26)8-3)28-23(9-4)20-16-12-11-13-17-20/h6-8,11-18,23H,1,9-10H2,2-5H3,(H2,27,28,29)/b14-7-,19-18+,21-15+,22-8+. The second-order valence-electron chi connectivity index (χ2n) is 6.47. The highest BCUT2D eigenvalue weighted by atomic mass is 79.9. The van der Waals surface area contributed by atoms with Crippen molar-refractivity contribution in [3.63, 3.8) is 0 Å². The van der Waals surface area contributed by atoms with E-state index in [4.69, 9.17) is 15.7 Å². The van der Waals surface area contributed by atoms with Gasteiger partial charge in [0.2, 0.25) is 0 Å². The number of hydrogen-bond acceptors (Lipinski definition) is 1. The number of hydrogen-bond donors (Lipinski definition) is 1. The molecule has 3 nitrogen and oxygen atoms in total. The van der Waals surface area contributed by atoms with E-state index in [0.717, 1.165) is 34.0 Å². The van der Waals surface area contributed by atoms with Crippen LogP contribution < -0.4 is 5.73 Å². The van der Waals surface area contributed by atoms with E-state index in [1.165, 1.54) is 0 Å². The van der Waals surface area contributed by atoms with Crippen molar-refractivity contribution in [2.45, 2.75) is 46.6 Å². The topological polar surface area (TPSA) is 50.7 Å². The van der Waals surface area contributed by atoms with Crippen LogP contribution in [0.25, 0.3) is 0 Å². The number of nitrogens with two attached hydrogens (primary N) is 1. The fourth-order valence-corrected chi connectivity index (χ4v) is 2.97. The zero-order valence-electron chi connectivity index (χ0n) is 17.9. The Kier molecular flexibility index (Phi) is 11.6. The van der Waals surface area contributed by atoms with Gasteiger partial charge in [0.1, 0.15) is 5.84 Å². The maximum atomic E-state index is 6.36. The number of allylic oxidation sites excluding steroid dienone is 6. The first-order valence-corrected chi connectivity index (χ1v) is 10.7. The van der Waals surface area contributed by atoms with Crippen molar-refractivity contribution in [2.24, 2.45) is 15.7 Å². The third-order valence-corrected chi connectivity index (χ3v) is 4.89. The monoisotopic (exact) mass is 453 g/mol. The molecular formula is C25H32BrN3. The Hall–Kier alpha value is -2.46. The summed E-state index contributed by atoms with van der Waals surface area (Å²) in [5, 5.41) is 0. The molecule has 1 aromatic carbocycles. The number of nitrogens with zero attached hydrogens (tertiary/aromatic N) is 2. The number of rotatable bonds is 9. The van der Waals surface area contributed by atoms with Crippen molar-refractivity contribution in [3.8, 4) is 0 Å². The summed E-state index contributed by atoms with van der Waals surface area (Å²) in [6, 6.07) is 10.3. The van der Waals surface area contributed by atoms with Gasteiger partial charge in [-0.3, -0.25) is 4.99 Å². The summed E-state index contributed by atoms with van der Waals surface area (Å²) in [6.45, 7) is 11.8. The van der Waals surface area contributed by atoms with Crippen LogP contribution in [0.15, 0.2) is 99.0 Å². The van der Waals surface area contributed by atoms with E-state index in [1.807, 2.05) is 75.4 Å². The van der Waals surface area contributed by atoms with Crippen molar-refractivity contribution < 1.29 is 0 Å². The Morgan fingerprint density at radius 3 is 2.48 bits per heavy atom. The molecule has 0 aliphatic rings. The fraction of sp³-hybridized carbons (Fsp3) is 0.280. The lowest BCUT2D eigenvalue weighted by atomic mass is 10.1. The van der Waals surface area contributed by atoms with Crippen LogP contribution in [0, 0.1) is 0 Å². The first-order valence-electron chi connectivity index (χ1n) is 9.88. The average Bonchev–Trinajstić information content (AvgIpc) is 2.74. The molecule has 0 saturated carbocycles. The maximum absolute atomic E-state index is 6.36. The van der Waals surface area contributed by atoms with Crippen molar-refractivity contribution in [1.29, 1.82) is 0 Å². The third-order valence-electron chi connectivity index (χ3n) is 4.20. The summed E-state index contributed by atoms with van der Waals surface area (Å²) in [5.41, 5.74) is 9.33. The Morgan fingerprint density at radius 1 is 1.24 bits per heavy atom. The Balaban J connectivity index is 3.51. The molecule has 0 saturated heterocycles. The second-order valence-corrected chi connectivity index (χ2v) is 7.38. The minimum Gasteiger partial charge on any atom is -0.383 e. The highest BCUT2D eigenvalue weighted by Crippen LogP contribution is 2.23. The minimum atomic E-state index is 0.0119. The van der Waals surface area contributed by atoms with Gasteiger partial charge < -0.3 is 5.73 Å². The van der Waals surface area contributed by atoms with E-state index in [1.54, 1.807) is 0 Å². The molecule has 29 heavy (non-hydrogen) atoms. The first kappa shape index (κ1) is 24.6. The molecule has 154 valence electrons. The van der Waals surface area contributed by atoms with Crippen LogP contribution in [0.1, 0.15) is 52.1 Å². The Bertz CT molecular complexity index is 840. The molecule has 1 aromatic rings. The van der Waals surface area contributed by atoms with Gasteiger partial charge in [0.25, 0.3) is 0 Å². The van der Waals surface area contributed by atoms with Crippen LogP contribution in [0.2, 0.25) is 0 Å². The summed E-state index contributed by atoms with van der Waals surface area (Å²) in [7, 11) is 0. The van der Waals surface area contributed by atoms with Crippen LogP contribution in [0.3, 0.4) is 0 Å². The summed E-state index contributed by atoms with van der Waals surface area (Å²) in [5.74, 6) is 1.07. The largest absolute Gasteiger partial charge is 0.383 e. The molecule has 1 atom stereocenters. The molecule has 2 N–H and O–H groups in total. The molecule has 1 unspecified atom stereocenters. The van der Waals surface area contributed by atoms with Crippen molar-refractivity contribution in [3.05, 3.63) is 94.6 Å². The molecule has 4 heteroatoms. The lowest BCUT2D eigenvalue weighted by Gasteiger charge is -2.13. The number of benzene rings is 1. The average molecular weight is 454 g/mol. The molecule has 0 aliphatic carbocycles. The van der Waals surface area contributed by atoms with Gasteiger partial charge in [0, 0.05) is 10.1 Å². The SMILES string of the molecule is C=CC/C=C(\C=C/C)C(/N)=N/C(=N\C(CC)c1ccccc1)C(/C)=C/C(Br)=C\C. The van der Waals surface area contributed by atoms with Gasteiger partial charge in [-0.25, -0.2) is 4.99 Å². The van der Waals surface area contributed by atoms with Crippen molar-refractivity contribution in [1.82, 2.24) is 0 Å². The molecule has 0 radical (unpaired) electrons. The van der Waals surface area contributed by atoms with Gasteiger partial charge in [-0.15, -0.1) is 6.58 Å². The van der Waals surface area contributed by atoms with E-state index in [0.29, 0.717) is 11.7 Å². The van der Waals surface area contributed by atoms with E-state index < -0.39 is 0 Å². The number of amidine groups is 2. The zero-order chi connectivity index (χ0) is 21.6. The molecule has 0 heterocycles. The minimum absolute atomic E-state index is 0.0119. The predicted molar refractivity (Wildman–Crippen MR) is 133 cm³/mol. The molecule has 0 aromatic heterocycles. The van der Waals surface area contributed by atoms with Gasteiger partial charge >= 0.3 is 0 Å². The van der Waals surface area contributed by atoms with Crippen LogP contribution >= 0.6 is 15.9 Å². The molecule has 1 rings (SSSR count). The molecule has 0 spiro atoms. The number of halogens is 1.